The van der Waals surface area contributed by atoms with Crippen LogP contribution < -0.4 is 0 Å². The average Bonchev–Trinajstić information content (AvgIpc) is 2.29. The molecule has 0 N–H and O–H groups in total. The third-order valence-electron chi connectivity index (χ3n) is 3.24. The standard InChI is InChI=1S/C13H22N2O/c1-2-9-15-10-7-13(16)12(11-15)6-4-3-5-8-14/h12H,2-7,9-11H2,1H3. The van der Waals surface area contributed by atoms with E-state index in [1.807, 2.05) is 0 Å². The molecule has 1 heterocycles. The predicted molar refractivity (Wildman–Crippen MR) is 63.9 cm³/mol. The summed E-state index contributed by atoms with van der Waals surface area (Å²) in [6.07, 6.45) is 5.44. The van der Waals surface area contributed by atoms with Crippen molar-refractivity contribution >= 4 is 5.78 Å². The number of nitrogens with zero attached hydrogens (tertiary/aromatic N) is 2. The number of nitriles is 1. The first-order valence-corrected chi connectivity index (χ1v) is 6.40. The van der Waals surface area contributed by atoms with E-state index in [0.29, 0.717) is 12.2 Å². The average molecular weight is 222 g/mol. The Morgan fingerprint density at radius 1 is 1.50 bits per heavy atom. The van der Waals surface area contributed by atoms with Crippen LogP contribution in [0.3, 0.4) is 0 Å². The van der Waals surface area contributed by atoms with E-state index in [1.165, 1.54) is 0 Å². The van der Waals surface area contributed by atoms with Crippen LogP contribution in [0.5, 0.6) is 0 Å². The van der Waals surface area contributed by atoms with Gasteiger partial charge in [0.05, 0.1) is 6.07 Å². The summed E-state index contributed by atoms with van der Waals surface area (Å²) in [5, 5.41) is 8.44. The summed E-state index contributed by atoms with van der Waals surface area (Å²) >= 11 is 0. The fourth-order valence-corrected chi connectivity index (χ4v) is 2.34. The lowest BCUT2D eigenvalue weighted by Gasteiger charge is -2.31. The second kappa shape index (κ2) is 7.40. The summed E-state index contributed by atoms with van der Waals surface area (Å²) < 4.78 is 0. The predicted octanol–water partition coefficient (Wildman–Crippen LogP) is 2.37. The summed E-state index contributed by atoms with van der Waals surface area (Å²) in [6.45, 7) is 5.18. The van der Waals surface area contributed by atoms with E-state index in [4.69, 9.17) is 5.26 Å². The number of rotatable bonds is 6. The summed E-state index contributed by atoms with van der Waals surface area (Å²) in [6, 6.07) is 2.15. The minimum Gasteiger partial charge on any atom is -0.302 e. The van der Waals surface area contributed by atoms with Crippen molar-refractivity contribution in [2.24, 2.45) is 5.92 Å². The molecule has 90 valence electrons. The molecule has 0 aromatic rings. The van der Waals surface area contributed by atoms with Crippen molar-refractivity contribution in [3.05, 3.63) is 0 Å². The fourth-order valence-electron chi connectivity index (χ4n) is 2.34. The molecule has 1 unspecified atom stereocenters. The molecule has 1 aliphatic rings. The zero-order chi connectivity index (χ0) is 11.8. The van der Waals surface area contributed by atoms with Crippen molar-refractivity contribution in [2.45, 2.75) is 45.4 Å². The molecular weight excluding hydrogens is 200 g/mol. The molecule has 3 heteroatoms. The van der Waals surface area contributed by atoms with Gasteiger partial charge in [-0.3, -0.25) is 4.79 Å². The number of hydrogen-bond donors (Lipinski definition) is 0. The number of piperidine rings is 1. The summed E-state index contributed by atoms with van der Waals surface area (Å²) in [4.78, 5) is 14.1. The number of likely N-dealkylation sites (tertiary alicyclic amines) is 1. The van der Waals surface area contributed by atoms with Crippen molar-refractivity contribution in [2.75, 3.05) is 19.6 Å². The minimum absolute atomic E-state index is 0.235. The number of carbonyl (C=O) groups excluding carboxylic acids is 1. The van der Waals surface area contributed by atoms with Crippen LogP contribution in [0.4, 0.5) is 0 Å². The number of Topliss-reactive ketones (excluding diaryl/α,β-unsaturated/α-hetero) is 1. The van der Waals surface area contributed by atoms with Gasteiger partial charge in [-0.1, -0.05) is 13.3 Å². The SMILES string of the molecule is CCCN1CCC(=O)C(CCCCC#N)C1. The molecule has 1 fully saturated rings. The maximum absolute atomic E-state index is 11.7. The Balaban J connectivity index is 2.27. The van der Waals surface area contributed by atoms with Gasteiger partial charge in [-0.25, -0.2) is 0 Å². The van der Waals surface area contributed by atoms with E-state index in [-0.39, 0.29) is 5.92 Å². The van der Waals surface area contributed by atoms with Crippen LogP contribution in [0.1, 0.15) is 45.4 Å². The van der Waals surface area contributed by atoms with Crippen molar-refractivity contribution in [1.82, 2.24) is 4.90 Å². The largest absolute Gasteiger partial charge is 0.302 e. The van der Waals surface area contributed by atoms with Gasteiger partial charge in [0.25, 0.3) is 0 Å². The lowest BCUT2D eigenvalue weighted by molar-refractivity contribution is -0.126. The Bertz CT molecular complexity index is 257. The monoisotopic (exact) mass is 222 g/mol. The van der Waals surface area contributed by atoms with E-state index in [0.717, 1.165) is 51.7 Å². The fraction of sp³-hybridized carbons (Fsp3) is 0.846. The summed E-state index contributed by atoms with van der Waals surface area (Å²) in [7, 11) is 0. The molecule has 0 aromatic heterocycles. The third-order valence-corrected chi connectivity index (χ3v) is 3.24. The van der Waals surface area contributed by atoms with Crippen LogP contribution >= 0.6 is 0 Å². The zero-order valence-electron chi connectivity index (χ0n) is 10.2. The molecule has 0 radical (unpaired) electrons. The second-order valence-corrected chi connectivity index (χ2v) is 4.62. The molecule has 0 aliphatic carbocycles. The van der Waals surface area contributed by atoms with Crippen molar-refractivity contribution < 1.29 is 4.79 Å². The van der Waals surface area contributed by atoms with E-state index < -0.39 is 0 Å². The highest BCUT2D eigenvalue weighted by Crippen LogP contribution is 2.19. The molecule has 3 nitrogen and oxygen atoms in total. The minimum atomic E-state index is 0.235. The molecule has 0 spiro atoms. The Labute approximate surface area is 98.4 Å². The van der Waals surface area contributed by atoms with Gasteiger partial charge < -0.3 is 4.90 Å². The van der Waals surface area contributed by atoms with Gasteiger partial charge in [0.1, 0.15) is 5.78 Å². The number of carbonyl (C=O) groups is 1. The van der Waals surface area contributed by atoms with Crippen LogP contribution in [0.2, 0.25) is 0 Å². The molecule has 0 bridgehead atoms. The quantitative estimate of drug-likeness (QED) is 0.648. The van der Waals surface area contributed by atoms with Crippen LogP contribution in [0.25, 0.3) is 0 Å². The molecule has 1 saturated heterocycles. The van der Waals surface area contributed by atoms with Gasteiger partial charge in [-0.05, 0) is 25.8 Å². The molecule has 1 rings (SSSR count). The smallest absolute Gasteiger partial charge is 0.138 e. The summed E-state index contributed by atoms with van der Waals surface area (Å²) in [5.74, 6) is 0.670. The Kier molecular flexibility index (Phi) is 6.10. The van der Waals surface area contributed by atoms with Crippen molar-refractivity contribution in [1.29, 1.82) is 5.26 Å². The second-order valence-electron chi connectivity index (χ2n) is 4.62. The van der Waals surface area contributed by atoms with E-state index in [1.54, 1.807) is 0 Å². The van der Waals surface area contributed by atoms with E-state index in [9.17, 15) is 4.79 Å². The zero-order valence-corrected chi connectivity index (χ0v) is 10.2. The molecular formula is C13H22N2O. The summed E-state index contributed by atoms with van der Waals surface area (Å²) in [5.41, 5.74) is 0. The van der Waals surface area contributed by atoms with Gasteiger partial charge in [-0.15, -0.1) is 0 Å². The van der Waals surface area contributed by atoms with E-state index >= 15 is 0 Å². The first kappa shape index (κ1) is 13.2. The molecule has 16 heavy (non-hydrogen) atoms. The van der Waals surface area contributed by atoms with E-state index in [2.05, 4.69) is 17.9 Å². The maximum atomic E-state index is 11.7. The van der Waals surface area contributed by atoms with Gasteiger partial charge >= 0.3 is 0 Å². The van der Waals surface area contributed by atoms with Crippen molar-refractivity contribution in [3.8, 4) is 6.07 Å². The van der Waals surface area contributed by atoms with Crippen molar-refractivity contribution in [3.63, 3.8) is 0 Å². The number of ketones is 1. The first-order chi connectivity index (χ1) is 7.77. The van der Waals surface area contributed by atoms with Crippen LogP contribution in [-0.4, -0.2) is 30.3 Å². The Morgan fingerprint density at radius 2 is 2.31 bits per heavy atom. The van der Waals surface area contributed by atoms with Crippen LogP contribution in [0, 0.1) is 17.2 Å². The highest BCUT2D eigenvalue weighted by Gasteiger charge is 2.25. The third kappa shape index (κ3) is 4.32. The molecule has 0 saturated carbocycles. The lowest BCUT2D eigenvalue weighted by Crippen LogP contribution is -2.41. The highest BCUT2D eigenvalue weighted by atomic mass is 16.1. The normalized spacial score (nSPS) is 22.0. The highest BCUT2D eigenvalue weighted by molar-refractivity contribution is 5.82. The molecule has 0 amide bonds. The Hall–Kier alpha value is -0.880. The van der Waals surface area contributed by atoms with Gasteiger partial charge in [0, 0.05) is 31.8 Å². The molecule has 1 aliphatic heterocycles. The maximum Gasteiger partial charge on any atom is 0.138 e. The number of hydrogen-bond acceptors (Lipinski definition) is 3. The molecule has 0 aromatic carbocycles. The number of unbranched alkanes of at least 4 members (excludes halogenated alkanes) is 2. The topological polar surface area (TPSA) is 44.1 Å². The first-order valence-electron chi connectivity index (χ1n) is 6.40. The Morgan fingerprint density at radius 3 is 3.00 bits per heavy atom. The molecule has 1 atom stereocenters. The lowest BCUT2D eigenvalue weighted by atomic mass is 9.91. The van der Waals surface area contributed by atoms with Crippen LogP contribution in [0.15, 0.2) is 0 Å². The van der Waals surface area contributed by atoms with Gasteiger partial charge in [0.2, 0.25) is 0 Å². The van der Waals surface area contributed by atoms with Gasteiger partial charge in [-0.2, -0.15) is 5.26 Å². The van der Waals surface area contributed by atoms with Crippen LogP contribution in [-0.2, 0) is 4.79 Å². The van der Waals surface area contributed by atoms with Gasteiger partial charge in [0.15, 0.2) is 0 Å².